The SMILES string of the molecule is CC(=O)Nc1ccc(/C(O)=C/C2=Nc3ccccc3C3=NCCN23)cn1. The zero-order valence-electron chi connectivity index (χ0n) is 14.2. The maximum absolute atomic E-state index is 11.1. The zero-order valence-corrected chi connectivity index (χ0v) is 14.2. The minimum Gasteiger partial charge on any atom is -0.507 e. The van der Waals surface area contributed by atoms with Gasteiger partial charge in [0.05, 0.1) is 12.2 Å². The fourth-order valence-corrected chi connectivity index (χ4v) is 2.96. The number of benzene rings is 1. The number of carbonyl (C=O) groups excluding carboxylic acids is 1. The molecule has 0 saturated carbocycles. The number of rotatable bonds is 3. The van der Waals surface area contributed by atoms with Crippen molar-refractivity contribution in [2.75, 3.05) is 18.4 Å². The van der Waals surface area contributed by atoms with E-state index in [1.54, 1.807) is 18.2 Å². The third-order valence-corrected chi connectivity index (χ3v) is 4.13. The number of hydrogen-bond acceptors (Lipinski definition) is 6. The summed E-state index contributed by atoms with van der Waals surface area (Å²) in [5.41, 5.74) is 2.38. The summed E-state index contributed by atoms with van der Waals surface area (Å²) in [7, 11) is 0. The molecule has 7 nitrogen and oxygen atoms in total. The summed E-state index contributed by atoms with van der Waals surface area (Å²) in [5.74, 6) is 1.82. The predicted molar refractivity (Wildman–Crippen MR) is 101 cm³/mol. The number of aliphatic hydroxyl groups is 1. The molecule has 3 heterocycles. The first-order valence-corrected chi connectivity index (χ1v) is 8.26. The van der Waals surface area contributed by atoms with Crippen LogP contribution in [0.5, 0.6) is 0 Å². The molecule has 1 aromatic carbocycles. The highest BCUT2D eigenvalue weighted by Gasteiger charge is 2.28. The molecule has 1 amide bonds. The number of hydrogen-bond donors (Lipinski definition) is 2. The van der Waals surface area contributed by atoms with Crippen molar-refractivity contribution in [2.45, 2.75) is 6.92 Å². The summed E-state index contributed by atoms with van der Waals surface area (Å²) in [6, 6.07) is 11.2. The van der Waals surface area contributed by atoms with E-state index in [0.717, 1.165) is 23.6 Å². The number of para-hydroxylation sites is 1. The summed E-state index contributed by atoms with van der Waals surface area (Å²) in [5, 5.41) is 13.1. The summed E-state index contributed by atoms with van der Waals surface area (Å²) in [4.78, 5) is 26.4. The summed E-state index contributed by atoms with van der Waals surface area (Å²) < 4.78 is 0. The Hall–Kier alpha value is -3.48. The number of carbonyl (C=O) groups is 1. The molecule has 0 spiro atoms. The van der Waals surface area contributed by atoms with Gasteiger partial charge in [0.15, 0.2) is 0 Å². The second kappa shape index (κ2) is 6.44. The van der Waals surface area contributed by atoms with Crippen LogP contribution in [0.1, 0.15) is 18.1 Å². The van der Waals surface area contributed by atoms with E-state index in [1.165, 1.54) is 13.1 Å². The van der Waals surface area contributed by atoms with Crippen molar-refractivity contribution < 1.29 is 9.90 Å². The van der Waals surface area contributed by atoms with Gasteiger partial charge in [-0.2, -0.15) is 0 Å². The van der Waals surface area contributed by atoms with Crippen LogP contribution in [0.2, 0.25) is 0 Å². The van der Waals surface area contributed by atoms with Crippen LogP contribution in [0.15, 0.2) is 58.7 Å². The molecule has 2 aromatic rings. The van der Waals surface area contributed by atoms with Gasteiger partial charge in [0.25, 0.3) is 0 Å². The fraction of sp³-hybridized carbons (Fsp3) is 0.158. The molecule has 1 aromatic heterocycles. The molecule has 7 heteroatoms. The maximum Gasteiger partial charge on any atom is 0.222 e. The molecule has 0 bridgehead atoms. The van der Waals surface area contributed by atoms with E-state index in [1.807, 2.05) is 29.2 Å². The molecule has 0 saturated heterocycles. The second-order valence-corrected chi connectivity index (χ2v) is 5.99. The third-order valence-electron chi connectivity index (χ3n) is 4.13. The van der Waals surface area contributed by atoms with Crippen molar-refractivity contribution in [1.82, 2.24) is 9.88 Å². The van der Waals surface area contributed by atoms with Gasteiger partial charge in [0.1, 0.15) is 23.2 Å². The lowest BCUT2D eigenvalue weighted by atomic mass is 10.1. The molecule has 4 rings (SSSR count). The average Bonchev–Trinajstić information content (AvgIpc) is 3.12. The number of aliphatic hydroxyl groups excluding tert-OH is 1. The van der Waals surface area contributed by atoms with Crippen molar-refractivity contribution >= 4 is 34.8 Å². The Labute approximate surface area is 150 Å². The quantitative estimate of drug-likeness (QED) is 0.836. The lowest BCUT2D eigenvalue weighted by Crippen LogP contribution is -2.36. The smallest absolute Gasteiger partial charge is 0.222 e. The molecule has 0 fully saturated rings. The van der Waals surface area contributed by atoms with Crippen LogP contribution in [0.4, 0.5) is 11.5 Å². The topological polar surface area (TPSA) is 90.2 Å². The van der Waals surface area contributed by atoms with Gasteiger partial charge in [-0.05, 0) is 24.3 Å². The second-order valence-electron chi connectivity index (χ2n) is 5.99. The average molecular weight is 347 g/mol. The highest BCUT2D eigenvalue weighted by molar-refractivity contribution is 6.19. The third kappa shape index (κ3) is 2.95. The van der Waals surface area contributed by atoms with E-state index < -0.39 is 0 Å². The van der Waals surface area contributed by atoms with Crippen molar-refractivity contribution in [2.24, 2.45) is 9.98 Å². The normalized spacial score (nSPS) is 15.7. The Balaban J connectivity index is 1.66. The van der Waals surface area contributed by atoms with E-state index in [-0.39, 0.29) is 11.7 Å². The molecule has 0 aliphatic carbocycles. The Morgan fingerprint density at radius 2 is 2.12 bits per heavy atom. The molecule has 2 aliphatic rings. The highest BCUT2D eigenvalue weighted by Crippen LogP contribution is 2.29. The molecule has 2 N–H and O–H groups in total. The monoisotopic (exact) mass is 347 g/mol. The molecular weight excluding hydrogens is 330 g/mol. The van der Waals surface area contributed by atoms with E-state index in [4.69, 9.17) is 0 Å². The molecule has 26 heavy (non-hydrogen) atoms. The minimum atomic E-state index is -0.193. The Morgan fingerprint density at radius 3 is 2.88 bits per heavy atom. The number of nitrogens with one attached hydrogen (secondary N) is 1. The van der Waals surface area contributed by atoms with Crippen LogP contribution >= 0.6 is 0 Å². The van der Waals surface area contributed by atoms with Gasteiger partial charge in [0, 0.05) is 36.9 Å². The van der Waals surface area contributed by atoms with Crippen LogP contribution in [0.3, 0.4) is 0 Å². The van der Waals surface area contributed by atoms with Crippen molar-refractivity contribution in [3.8, 4) is 0 Å². The Kier molecular flexibility index (Phi) is 3.96. The maximum atomic E-state index is 11.1. The number of fused-ring (bicyclic) bond motifs is 3. The Morgan fingerprint density at radius 1 is 1.27 bits per heavy atom. The van der Waals surface area contributed by atoms with Crippen molar-refractivity contribution in [3.05, 3.63) is 59.8 Å². The first-order valence-electron chi connectivity index (χ1n) is 8.26. The first kappa shape index (κ1) is 16.0. The fourth-order valence-electron chi connectivity index (χ4n) is 2.96. The Bertz CT molecular complexity index is 960. The number of amidine groups is 2. The predicted octanol–water partition coefficient (Wildman–Crippen LogP) is 2.74. The van der Waals surface area contributed by atoms with Gasteiger partial charge in [-0.1, -0.05) is 12.1 Å². The van der Waals surface area contributed by atoms with E-state index in [9.17, 15) is 9.90 Å². The van der Waals surface area contributed by atoms with Crippen LogP contribution in [-0.4, -0.2) is 45.7 Å². The van der Waals surface area contributed by atoms with Gasteiger partial charge >= 0.3 is 0 Å². The lowest BCUT2D eigenvalue weighted by molar-refractivity contribution is -0.114. The summed E-state index contributed by atoms with van der Waals surface area (Å²) in [6.45, 7) is 2.84. The van der Waals surface area contributed by atoms with Crippen LogP contribution in [0.25, 0.3) is 5.76 Å². The standard InChI is InChI=1S/C19H17N5O2/c1-12(25)22-17-7-6-13(11-21-17)16(26)10-18-23-15-5-3-2-4-14(15)19-20-8-9-24(18)19/h2-7,10-11,26H,8-9H2,1H3,(H,21,22,25)/b16-10-. The number of aromatic nitrogens is 1. The van der Waals surface area contributed by atoms with E-state index in [2.05, 4.69) is 20.3 Å². The van der Waals surface area contributed by atoms with Gasteiger partial charge < -0.3 is 15.3 Å². The first-order chi connectivity index (χ1) is 12.6. The molecule has 130 valence electrons. The molecule has 0 unspecified atom stereocenters. The summed E-state index contributed by atoms with van der Waals surface area (Å²) in [6.07, 6.45) is 3.12. The van der Waals surface area contributed by atoms with Gasteiger partial charge in [-0.3, -0.25) is 9.79 Å². The molecule has 0 atom stereocenters. The zero-order chi connectivity index (χ0) is 18.1. The number of anilines is 1. The molecular formula is C19H17N5O2. The van der Waals surface area contributed by atoms with Crippen LogP contribution in [-0.2, 0) is 4.79 Å². The number of nitrogens with zero attached hydrogens (tertiary/aromatic N) is 4. The highest BCUT2D eigenvalue weighted by atomic mass is 16.3. The number of pyridine rings is 1. The minimum absolute atomic E-state index is 0.0521. The van der Waals surface area contributed by atoms with Gasteiger partial charge in [-0.15, -0.1) is 0 Å². The van der Waals surface area contributed by atoms with Crippen LogP contribution < -0.4 is 5.32 Å². The number of aliphatic imine (C=N–C) groups is 2. The van der Waals surface area contributed by atoms with E-state index >= 15 is 0 Å². The van der Waals surface area contributed by atoms with Crippen LogP contribution in [0, 0.1) is 0 Å². The van der Waals surface area contributed by atoms with E-state index in [0.29, 0.717) is 23.8 Å². The molecule has 0 radical (unpaired) electrons. The van der Waals surface area contributed by atoms with Crippen molar-refractivity contribution in [1.29, 1.82) is 0 Å². The lowest BCUT2D eigenvalue weighted by Gasteiger charge is -2.25. The largest absolute Gasteiger partial charge is 0.507 e. The molecule has 2 aliphatic heterocycles. The summed E-state index contributed by atoms with van der Waals surface area (Å²) >= 11 is 0. The van der Waals surface area contributed by atoms with Gasteiger partial charge in [-0.25, -0.2) is 9.98 Å². The van der Waals surface area contributed by atoms with Crippen molar-refractivity contribution in [3.63, 3.8) is 0 Å². The number of amides is 1. The van der Waals surface area contributed by atoms with Gasteiger partial charge in [0.2, 0.25) is 5.91 Å².